The van der Waals surface area contributed by atoms with Gasteiger partial charge in [-0.05, 0) is 38.3 Å². The Morgan fingerprint density at radius 3 is 2.72 bits per heavy atom. The lowest BCUT2D eigenvalue weighted by molar-refractivity contribution is 0.0721. The first-order valence-electron chi connectivity index (χ1n) is 6.77. The van der Waals surface area contributed by atoms with Crippen molar-refractivity contribution in [3.8, 4) is 0 Å². The van der Waals surface area contributed by atoms with Gasteiger partial charge in [0.25, 0.3) is 0 Å². The first kappa shape index (κ1) is 13.4. The summed E-state index contributed by atoms with van der Waals surface area (Å²) in [5, 5.41) is 0. The fourth-order valence-corrected chi connectivity index (χ4v) is 2.84. The van der Waals surface area contributed by atoms with Crippen molar-refractivity contribution in [2.75, 3.05) is 18.6 Å². The monoisotopic (exact) mass is 248 g/mol. The van der Waals surface area contributed by atoms with Crippen LogP contribution in [0.25, 0.3) is 0 Å². The molecule has 3 nitrogen and oxygen atoms in total. The lowest BCUT2D eigenvalue weighted by Crippen LogP contribution is -2.43. The van der Waals surface area contributed by atoms with Crippen molar-refractivity contribution in [2.45, 2.75) is 44.9 Å². The molecule has 1 saturated heterocycles. The minimum atomic E-state index is 0.0774. The summed E-state index contributed by atoms with van der Waals surface area (Å²) in [6.45, 7) is 5.36. The van der Waals surface area contributed by atoms with Crippen LogP contribution in [0.2, 0.25) is 0 Å². The second-order valence-corrected chi connectivity index (χ2v) is 5.27. The van der Waals surface area contributed by atoms with Gasteiger partial charge in [-0.1, -0.05) is 18.2 Å². The van der Waals surface area contributed by atoms with Crippen molar-refractivity contribution in [3.05, 3.63) is 29.8 Å². The van der Waals surface area contributed by atoms with Crippen molar-refractivity contribution in [3.63, 3.8) is 0 Å². The lowest BCUT2D eigenvalue weighted by Gasteiger charge is -2.40. The average molecular weight is 248 g/mol. The zero-order chi connectivity index (χ0) is 13.1. The van der Waals surface area contributed by atoms with Crippen LogP contribution in [-0.2, 0) is 4.74 Å². The molecule has 1 fully saturated rings. The van der Waals surface area contributed by atoms with Gasteiger partial charge in [0.2, 0.25) is 0 Å². The van der Waals surface area contributed by atoms with Gasteiger partial charge < -0.3 is 15.4 Å². The predicted molar refractivity (Wildman–Crippen MR) is 75.9 cm³/mol. The Labute approximate surface area is 110 Å². The Balaban J connectivity index is 2.22. The van der Waals surface area contributed by atoms with Gasteiger partial charge in [0.05, 0.1) is 6.10 Å². The SMILES string of the molecule is COC1CCN(c2ccccc2C(C)N)C(C)C1. The smallest absolute Gasteiger partial charge is 0.0607 e. The predicted octanol–water partition coefficient (Wildman–Crippen LogP) is 2.71. The van der Waals surface area contributed by atoms with Crippen LogP contribution in [0.15, 0.2) is 24.3 Å². The van der Waals surface area contributed by atoms with E-state index in [1.54, 1.807) is 0 Å². The molecule has 0 amide bonds. The largest absolute Gasteiger partial charge is 0.381 e. The number of hydrogen-bond donors (Lipinski definition) is 1. The summed E-state index contributed by atoms with van der Waals surface area (Å²) < 4.78 is 5.47. The number of nitrogens with two attached hydrogens (primary N) is 1. The van der Waals surface area contributed by atoms with E-state index in [1.165, 1.54) is 11.3 Å². The number of nitrogens with zero attached hydrogens (tertiary/aromatic N) is 1. The molecule has 18 heavy (non-hydrogen) atoms. The molecule has 0 aromatic heterocycles. The molecule has 1 aromatic rings. The fourth-order valence-electron chi connectivity index (χ4n) is 2.84. The van der Waals surface area contributed by atoms with Crippen molar-refractivity contribution in [1.29, 1.82) is 0 Å². The zero-order valence-electron chi connectivity index (χ0n) is 11.6. The minimum absolute atomic E-state index is 0.0774. The van der Waals surface area contributed by atoms with Crippen LogP contribution in [0.3, 0.4) is 0 Å². The molecule has 0 spiro atoms. The number of para-hydroxylation sites is 1. The van der Waals surface area contributed by atoms with Crippen LogP contribution in [0.1, 0.15) is 38.3 Å². The summed E-state index contributed by atoms with van der Waals surface area (Å²) in [5.74, 6) is 0. The van der Waals surface area contributed by atoms with Crippen molar-refractivity contribution in [1.82, 2.24) is 0 Å². The standard InChI is InChI=1S/C15H24N2O/c1-11-10-13(18-3)8-9-17(11)15-7-5-4-6-14(15)12(2)16/h4-7,11-13H,8-10,16H2,1-3H3. The number of rotatable bonds is 3. The molecule has 0 bridgehead atoms. The first-order chi connectivity index (χ1) is 8.63. The van der Waals surface area contributed by atoms with E-state index >= 15 is 0 Å². The summed E-state index contributed by atoms with van der Waals surface area (Å²) in [4.78, 5) is 2.47. The lowest BCUT2D eigenvalue weighted by atomic mass is 9.97. The Bertz CT molecular complexity index is 392. The second-order valence-electron chi connectivity index (χ2n) is 5.27. The number of anilines is 1. The topological polar surface area (TPSA) is 38.5 Å². The molecule has 1 heterocycles. The van der Waals surface area contributed by atoms with Crippen LogP contribution in [-0.4, -0.2) is 25.8 Å². The highest BCUT2D eigenvalue weighted by molar-refractivity contribution is 5.55. The Kier molecular flexibility index (Phi) is 4.25. The third-order valence-electron chi connectivity index (χ3n) is 3.90. The van der Waals surface area contributed by atoms with Gasteiger partial charge in [-0.25, -0.2) is 0 Å². The Hall–Kier alpha value is -1.06. The second kappa shape index (κ2) is 5.72. The molecular formula is C15H24N2O. The van der Waals surface area contributed by atoms with Gasteiger partial charge in [0, 0.05) is 31.4 Å². The summed E-state index contributed by atoms with van der Waals surface area (Å²) >= 11 is 0. The van der Waals surface area contributed by atoms with Gasteiger partial charge in [0.1, 0.15) is 0 Å². The highest BCUT2D eigenvalue weighted by atomic mass is 16.5. The molecule has 1 aliphatic rings. The van der Waals surface area contributed by atoms with Crippen molar-refractivity contribution in [2.24, 2.45) is 5.73 Å². The number of methoxy groups -OCH3 is 1. The maximum atomic E-state index is 6.07. The van der Waals surface area contributed by atoms with Crippen LogP contribution in [0, 0.1) is 0 Å². The minimum Gasteiger partial charge on any atom is -0.381 e. The normalized spacial score (nSPS) is 26.1. The molecule has 0 saturated carbocycles. The van der Waals surface area contributed by atoms with E-state index in [1.807, 2.05) is 14.0 Å². The Morgan fingerprint density at radius 2 is 2.11 bits per heavy atom. The third-order valence-corrected chi connectivity index (χ3v) is 3.90. The van der Waals surface area contributed by atoms with E-state index in [4.69, 9.17) is 10.5 Å². The molecule has 0 radical (unpaired) electrons. The molecule has 3 heteroatoms. The quantitative estimate of drug-likeness (QED) is 0.894. The molecule has 3 unspecified atom stereocenters. The van der Waals surface area contributed by atoms with Gasteiger partial charge in [-0.2, -0.15) is 0 Å². The van der Waals surface area contributed by atoms with Crippen LogP contribution >= 0.6 is 0 Å². The van der Waals surface area contributed by atoms with Gasteiger partial charge in [-0.3, -0.25) is 0 Å². The van der Waals surface area contributed by atoms with Gasteiger partial charge >= 0.3 is 0 Å². The molecule has 100 valence electrons. The van der Waals surface area contributed by atoms with Gasteiger partial charge in [-0.15, -0.1) is 0 Å². The third kappa shape index (κ3) is 2.68. The highest BCUT2D eigenvalue weighted by Gasteiger charge is 2.26. The van der Waals surface area contributed by atoms with E-state index in [0.29, 0.717) is 12.1 Å². The molecular weight excluding hydrogens is 224 g/mol. The number of piperidine rings is 1. The molecule has 2 N–H and O–H groups in total. The summed E-state index contributed by atoms with van der Waals surface area (Å²) in [6.07, 6.45) is 2.58. The zero-order valence-corrected chi connectivity index (χ0v) is 11.6. The fraction of sp³-hybridized carbons (Fsp3) is 0.600. The maximum absolute atomic E-state index is 6.07. The number of ether oxygens (including phenoxy) is 1. The van der Waals surface area contributed by atoms with Crippen LogP contribution < -0.4 is 10.6 Å². The summed E-state index contributed by atoms with van der Waals surface area (Å²) in [5.41, 5.74) is 8.59. The molecule has 1 aliphatic heterocycles. The molecule has 2 rings (SSSR count). The van der Waals surface area contributed by atoms with E-state index in [-0.39, 0.29) is 6.04 Å². The highest BCUT2D eigenvalue weighted by Crippen LogP contribution is 2.31. The van der Waals surface area contributed by atoms with E-state index in [0.717, 1.165) is 19.4 Å². The molecule has 1 aromatic carbocycles. The van der Waals surface area contributed by atoms with Crippen LogP contribution in [0.4, 0.5) is 5.69 Å². The van der Waals surface area contributed by atoms with E-state index < -0.39 is 0 Å². The van der Waals surface area contributed by atoms with Gasteiger partial charge in [0.15, 0.2) is 0 Å². The molecule has 3 atom stereocenters. The van der Waals surface area contributed by atoms with Crippen molar-refractivity contribution < 1.29 is 4.74 Å². The van der Waals surface area contributed by atoms with E-state index in [9.17, 15) is 0 Å². The van der Waals surface area contributed by atoms with Crippen molar-refractivity contribution >= 4 is 5.69 Å². The first-order valence-corrected chi connectivity index (χ1v) is 6.77. The number of benzene rings is 1. The number of hydrogen-bond acceptors (Lipinski definition) is 3. The Morgan fingerprint density at radius 1 is 1.39 bits per heavy atom. The summed E-state index contributed by atoms with van der Waals surface area (Å²) in [6, 6.07) is 9.06. The average Bonchev–Trinajstić information content (AvgIpc) is 2.38. The maximum Gasteiger partial charge on any atom is 0.0607 e. The van der Waals surface area contributed by atoms with Crippen LogP contribution in [0.5, 0.6) is 0 Å². The molecule has 0 aliphatic carbocycles. The van der Waals surface area contributed by atoms with E-state index in [2.05, 4.69) is 36.1 Å². The summed E-state index contributed by atoms with van der Waals surface area (Å²) in [7, 11) is 1.81.